The summed E-state index contributed by atoms with van der Waals surface area (Å²) in [6, 6.07) is 0. The second kappa shape index (κ2) is 12.5. The number of phosphoric acid groups is 1. The van der Waals surface area contributed by atoms with E-state index in [2.05, 4.69) is 4.52 Å². The van der Waals surface area contributed by atoms with E-state index in [0.29, 0.717) is 0 Å². The average molecular weight is 380 g/mol. The minimum Gasteiger partial charge on any atom is -0.394 e. The molecule has 0 aromatic rings. The Morgan fingerprint density at radius 3 is 1.50 bits per heavy atom. The van der Waals surface area contributed by atoms with Crippen LogP contribution in [0.4, 0.5) is 0 Å². The molecule has 144 valence electrons. The van der Waals surface area contributed by atoms with Crippen molar-refractivity contribution in [3.63, 3.8) is 0 Å². The molecule has 0 aromatic carbocycles. The van der Waals surface area contributed by atoms with E-state index in [0.717, 1.165) is 0 Å². The van der Waals surface area contributed by atoms with E-state index in [1.807, 2.05) is 0 Å². The highest BCUT2D eigenvalue weighted by molar-refractivity contribution is 7.46. The molecule has 0 radical (unpaired) electrons. The second-order valence-corrected chi connectivity index (χ2v) is 5.58. The maximum Gasteiger partial charge on any atom is 0.469 e. The lowest BCUT2D eigenvalue weighted by molar-refractivity contribution is -0.128. The fraction of sp³-hybridized carbons (Fsp3) is 0.800. The Hall–Kier alpha value is -0.830. The molecule has 6 atom stereocenters. The minimum atomic E-state index is -4.74. The van der Waals surface area contributed by atoms with Crippen LogP contribution in [0.3, 0.4) is 0 Å². The van der Waals surface area contributed by atoms with Gasteiger partial charge in [0.15, 0.2) is 12.6 Å². The van der Waals surface area contributed by atoms with Crippen molar-refractivity contribution in [3.05, 3.63) is 0 Å². The number of phosphoric ester groups is 1. The number of rotatable bonds is 10. The van der Waals surface area contributed by atoms with Gasteiger partial charge in [0.1, 0.15) is 36.6 Å². The number of aldehydes is 2. The summed E-state index contributed by atoms with van der Waals surface area (Å²) >= 11 is 0. The molecule has 9 N–H and O–H groups in total. The Bertz CT molecular complexity index is 398. The van der Waals surface area contributed by atoms with Crippen LogP contribution in [-0.2, 0) is 18.7 Å². The molecule has 0 heterocycles. The Labute approximate surface area is 135 Å². The van der Waals surface area contributed by atoms with Crippen LogP contribution in [0.5, 0.6) is 0 Å². The number of aliphatic hydroxyl groups excluding tert-OH is 7. The van der Waals surface area contributed by atoms with Gasteiger partial charge in [0, 0.05) is 0 Å². The normalized spacial score (nSPS) is 19.0. The quantitative estimate of drug-likeness (QED) is 0.127. The molecular weight excluding hydrogens is 359 g/mol. The van der Waals surface area contributed by atoms with Crippen molar-refractivity contribution in [2.75, 3.05) is 13.2 Å². The van der Waals surface area contributed by atoms with Crippen LogP contribution in [0.2, 0.25) is 0 Å². The number of carbonyl (C=O) groups is 2. The van der Waals surface area contributed by atoms with E-state index in [1.54, 1.807) is 0 Å². The molecule has 0 saturated heterocycles. The Kier molecular flexibility index (Phi) is 13.3. The van der Waals surface area contributed by atoms with E-state index >= 15 is 0 Å². The maximum absolute atomic E-state index is 10.1. The zero-order chi connectivity index (χ0) is 19.5. The molecular formula is C10H21O13P. The van der Waals surface area contributed by atoms with Crippen molar-refractivity contribution in [2.24, 2.45) is 0 Å². The third-order valence-corrected chi connectivity index (χ3v) is 2.85. The first-order chi connectivity index (χ1) is 10.9. The van der Waals surface area contributed by atoms with Gasteiger partial charge >= 0.3 is 7.82 Å². The van der Waals surface area contributed by atoms with E-state index in [9.17, 15) is 14.2 Å². The van der Waals surface area contributed by atoms with Crippen molar-refractivity contribution in [2.45, 2.75) is 36.6 Å². The van der Waals surface area contributed by atoms with E-state index in [-0.39, 0.29) is 12.6 Å². The summed E-state index contributed by atoms with van der Waals surface area (Å²) in [7, 11) is -4.74. The van der Waals surface area contributed by atoms with Crippen LogP contribution in [0.25, 0.3) is 0 Å². The maximum atomic E-state index is 10.1. The van der Waals surface area contributed by atoms with Crippen molar-refractivity contribution in [1.29, 1.82) is 0 Å². The second-order valence-electron chi connectivity index (χ2n) is 4.34. The summed E-state index contributed by atoms with van der Waals surface area (Å²) in [4.78, 5) is 36.1. The van der Waals surface area contributed by atoms with Gasteiger partial charge in [-0.25, -0.2) is 4.57 Å². The fourth-order valence-electron chi connectivity index (χ4n) is 0.996. The van der Waals surface area contributed by atoms with Crippen LogP contribution in [0, 0.1) is 0 Å². The lowest BCUT2D eigenvalue weighted by atomic mass is 10.1. The molecule has 0 fully saturated rings. The standard InChI is InChI=1S/C5H11O8P.C5H10O5/c6-1-3(7)5(9)4(8)2-13-14(10,11)12;6-1-3(8)5(10)4(9)2-7/h1,3-5,7-9H,2H2,(H2,10,11,12);1,3-5,7-10H,2H2. The van der Waals surface area contributed by atoms with Crippen molar-refractivity contribution >= 4 is 20.4 Å². The molecule has 14 heteroatoms. The monoisotopic (exact) mass is 380 g/mol. The average Bonchev–Trinajstić information content (AvgIpc) is 2.55. The van der Waals surface area contributed by atoms with Gasteiger partial charge in [0.25, 0.3) is 0 Å². The molecule has 24 heavy (non-hydrogen) atoms. The number of aliphatic hydroxyl groups is 7. The summed E-state index contributed by atoms with van der Waals surface area (Å²) in [6.45, 7) is -1.58. The molecule has 13 nitrogen and oxygen atoms in total. The topological polar surface area (TPSA) is 243 Å². The Morgan fingerprint density at radius 2 is 1.21 bits per heavy atom. The highest BCUT2D eigenvalue weighted by Gasteiger charge is 2.27. The zero-order valence-electron chi connectivity index (χ0n) is 12.1. The SMILES string of the molecule is O=CC(O)C(O)C(O)CO.O=CC(O)C(O)C(O)COP(=O)(O)O. The first-order valence-corrected chi connectivity index (χ1v) is 7.74. The first-order valence-electron chi connectivity index (χ1n) is 6.21. The Balaban J connectivity index is 0. The van der Waals surface area contributed by atoms with Crippen LogP contribution < -0.4 is 0 Å². The number of carbonyl (C=O) groups excluding carboxylic acids is 2. The van der Waals surface area contributed by atoms with Crippen LogP contribution in [0.1, 0.15) is 0 Å². The van der Waals surface area contributed by atoms with Crippen LogP contribution >= 0.6 is 7.82 Å². The highest BCUT2D eigenvalue weighted by atomic mass is 31.2. The van der Waals surface area contributed by atoms with E-state index in [4.69, 9.17) is 45.5 Å². The lowest BCUT2D eigenvalue weighted by Crippen LogP contribution is -2.40. The predicted molar refractivity (Wildman–Crippen MR) is 73.3 cm³/mol. The molecule has 0 spiro atoms. The van der Waals surface area contributed by atoms with Crippen molar-refractivity contribution in [1.82, 2.24) is 0 Å². The van der Waals surface area contributed by atoms with Crippen LogP contribution in [0.15, 0.2) is 0 Å². The number of hydrogen-bond acceptors (Lipinski definition) is 11. The van der Waals surface area contributed by atoms with E-state index < -0.39 is 57.7 Å². The summed E-state index contributed by atoms with van der Waals surface area (Å²) < 4.78 is 14.0. The highest BCUT2D eigenvalue weighted by Crippen LogP contribution is 2.35. The summed E-state index contributed by atoms with van der Waals surface area (Å²) in [5, 5.41) is 60.6. The van der Waals surface area contributed by atoms with Gasteiger partial charge in [-0.3, -0.25) is 4.52 Å². The zero-order valence-corrected chi connectivity index (χ0v) is 13.0. The van der Waals surface area contributed by atoms with Gasteiger partial charge in [-0.1, -0.05) is 0 Å². The lowest BCUT2D eigenvalue weighted by Gasteiger charge is -2.19. The molecule has 0 aliphatic heterocycles. The van der Waals surface area contributed by atoms with Crippen LogP contribution in [-0.4, -0.2) is 108 Å². The van der Waals surface area contributed by atoms with Crippen molar-refractivity contribution < 1.29 is 64.2 Å². The van der Waals surface area contributed by atoms with E-state index in [1.165, 1.54) is 0 Å². The molecule has 0 saturated carbocycles. The largest absolute Gasteiger partial charge is 0.469 e. The molecule has 0 amide bonds. The van der Waals surface area contributed by atoms with Gasteiger partial charge in [-0.2, -0.15) is 0 Å². The third-order valence-electron chi connectivity index (χ3n) is 2.37. The van der Waals surface area contributed by atoms with Crippen molar-refractivity contribution in [3.8, 4) is 0 Å². The molecule has 0 aliphatic rings. The molecule has 0 rings (SSSR count). The summed E-state index contributed by atoms with van der Waals surface area (Å²) in [5.74, 6) is 0. The van der Waals surface area contributed by atoms with Gasteiger partial charge < -0.3 is 55.1 Å². The minimum absolute atomic E-state index is 0.0225. The molecule has 6 unspecified atom stereocenters. The third kappa shape index (κ3) is 11.7. The van der Waals surface area contributed by atoms with Gasteiger partial charge in [0.05, 0.1) is 13.2 Å². The molecule has 0 aliphatic carbocycles. The number of hydrogen-bond donors (Lipinski definition) is 9. The first kappa shape index (κ1) is 25.4. The molecule has 0 bridgehead atoms. The fourth-order valence-corrected chi connectivity index (χ4v) is 1.34. The predicted octanol–water partition coefficient (Wildman–Crippen LogP) is -5.36. The summed E-state index contributed by atoms with van der Waals surface area (Å²) in [5.41, 5.74) is 0. The molecule has 0 aromatic heterocycles. The smallest absolute Gasteiger partial charge is 0.394 e. The van der Waals surface area contributed by atoms with Gasteiger partial charge in [-0.05, 0) is 0 Å². The summed E-state index contributed by atoms with van der Waals surface area (Å²) in [6.07, 6.45) is -10.1. The Morgan fingerprint density at radius 1 is 0.833 bits per heavy atom. The van der Waals surface area contributed by atoms with Gasteiger partial charge in [0.2, 0.25) is 0 Å². The van der Waals surface area contributed by atoms with Gasteiger partial charge in [-0.15, -0.1) is 0 Å².